The van der Waals surface area contributed by atoms with Crippen LogP contribution in [-0.4, -0.2) is 55.4 Å². The van der Waals surface area contributed by atoms with Crippen LogP contribution in [0.15, 0.2) is 18.2 Å². The Hall–Kier alpha value is -1.31. The Bertz CT molecular complexity index is 781. The van der Waals surface area contributed by atoms with Gasteiger partial charge in [0.25, 0.3) is 5.91 Å². The Balaban J connectivity index is 2.06. The smallest absolute Gasteiger partial charge is 0.340 e. The van der Waals surface area contributed by atoms with Crippen LogP contribution < -0.4 is 0 Å². The summed E-state index contributed by atoms with van der Waals surface area (Å²) in [4.78, 5) is 26.2. The second-order valence-electron chi connectivity index (χ2n) is 5.85. The number of nitrogens with zero attached hydrogens (tertiary/aromatic N) is 1. The van der Waals surface area contributed by atoms with Crippen molar-refractivity contribution in [2.75, 3.05) is 18.1 Å². The lowest BCUT2D eigenvalue weighted by molar-refractivity contribution is -0.141. The minimum atomic E-state index is -3.12. The van der Waals surface area contributed by atoms with Crippen molar-refractivity contribution in [2.45, 2.75) is 32.4 Å². The number of amides is 1. The topological polar surface area (TPSA) is 80.8 Å². The van der Waals surface area contributed by atoms with Crippen molar-refractivity contribution in [3.63, 3.8) is 0 Å². The highest BCUT2D eigenvalue weighted by Gasteiger charge is 2.36. The number of sulfone groups is 1. The Morgan fingerprint density at radius 2 is 2.04 bits per heavy atom. The van der Waals surface area contributed by atoms with Crippen molar-refractivity contribution >= 4 is 44.9 Å². The SMILES string of the molecule is CCN(C(=O)[C@@H](C)OC(=O)c1ccc(Cl)cc1Cl)[C@H]1CCS(=O)(=O)C1. The van der Waals surface area contributed by atoms with Crippen LogP contribution in [0.25, 0.3) is 0 Å². The predicted octanol–water partition coefficient (Wildman–Crippen LogP) is 2.57. The summed E-state index contributed by atoms with van der Waals surface area (Å²) in [7, 11) is -3.12. The minimum Gasteiger partial charge on any atom is -0.449 e. The lowest BCUT2D eigenvalue weighted by atomic mass is 10.2. The highest BCUT2D eigenvalue weighted by atomic mass is 35.5. The average Bonchev–Trinajstić information content (AvgIpc) is 2.87. The van der Waals surface area contributed by atoms with E-state index in [1.807, 2.05) is 0 Å². The van der Waals surface area contributed by atoms with E-state index < -0.39 is 27.8 Å². The normalized spacial score (nSPS) is 20.1. The van der Waals surface area contributed by atoms with E-state index in [-0.39, 0.29) is 28.1 Å². The maximum atomic E-state index is 12.6. The molecule has 138 valence electrons. The maximum Gasteiger partial charge on any atom is 0.340 e. The molecule has 1 aliphatic rings. The number of hydrogen-bond acceptors (Lipinski definition) is 5. The molecule has 1 fully saturated rings. The molecule has 2 rings (SSSR count). The molecule has 1 aromatic rings. The van der Waals surface area contributed by atoms with Crippen molar-refractivity contribution in [1.29, 1.82) is 0 Å². The summed E-state index contributed by atoms with van der Waals surface area (Å²) in [6.07, 6.45) is -0.659. The first-order valence-corrected chi connectivity index (χ1v) is 10.4. The molecular weight excluding hydrogens is 389 g/mol. The fourth-order valence-corrected chi connectivity index (χ4v) is 4.99. The molecule has 0 unspecified atom stereocenters. The summed E-state index contributed by atoms with van der Waals surface area (Å²) in [5.74, 6) is -1.16. The molecule has 2 atom stereocenters. The number of ether oxygens (including phenoxy) is 1. The Labute approximate surface area is 157 Å². The molecule has 0 saturated carbocycles. The Morgan fingerprint density at radius 1 is 1.36 bits per heavy atom. The van der Waals surface area contributed by atoms with Gasteiger partial charge >= 0.3 is 5.97 Å². The lowest BCUT2D eigenvalue weighted by Gasteiger charge is -2.29. The first kappa shape index (κ1) is 20.0. The van der Waals surface area contributed by atoms with Crippen molar-refractivity contribution in [1.82, 2.24) is 4.90 Å². The van der Waals surface area contributed by atoms with Gasteiger partial charge in [-0.05, 0) is 38.5 Å². The zero-order valence-corrected chi connectivity index (χ0v) is 16.2. The summed E-state index contributed by atoms with van der Waals surface area (Å²) in [6, 6.07) is 3.94. The number of hydrogen-bond donors (Lipinski definition) is 0. The van der Waals surface area contributed by atoms with Crippen LogP contribution in [0, 0.1) is 0 Å². The number of carbonyl (C=O) groups excluding carboxylic acids is 2. The van der Waals surface area contributed by atoms with Crippen LogP contribution in [0.1, 0.15) is 30.6 Å². The van der Waals surface area contributed by atoms with Gasteiger partial charge < -0.3 is 9.64 Å². The number of likely N-dealkylation sites (N-methyl/N-ethyl adjacent to an activating group) is 1. The fraction of sp³-hybridized carbons (Fsp3) is 0.500. The van der Waals surface area contributed by atoms with Crippen LogP contribution in [0.5, 0.6) is 0 Å². The van der Waals surface area contributed by atoms with E-state index in [4.69, 9.17) is 27.9 Å². The zero-order chi connectivity index (χ0) is 18.8. The van der Waals surface area contributed by atoms with Crippen LogP contribution in [0.4, 0.5) is 0 Å². The molecule has 1 saturated heterocycles. The van der Waals surface area contributed by atoms with Crippen LogP contribution in [0.3, 0.4) is 0 Å². The van der Waals surface area contributed by atoms with Gasteiger partial charge in [-0.25, -0.2) is 13.2 Å². The van der Waals surface area contributed by atoms with E-state index in [2.05, 4.69) is 0 Å². The molecule has 0 aromatic heterocycles. The second-order valence-corrected chi connectivity index (χ2v) is 8.93. The number of carbonyl (C=O) groups is 2. The largest absolute Gasteiger partial charge is 0.449 e. The molecule has 0 spiro atoms. The zero-order valence-electron chi connectivity index (χ0n) is 13.9. The highest BCUT2D eigenvalue weighted by Crippen LogP contribution is 2.23. The van der Waals surface area contributed by atoms with E-state index in [1.165, 1.54) is 30.0 Å². The molecule has 0 aliphatic carbocycles. The number of halogens is 2. The van der Waals surface area contributed by atoms with Gasteiger partial charge in [0.1, 0.15) is 0 Å². The molecule has 9 heteroatoms. The number of esters is 1. The van der Waals surface area contributed by atoms with Gasteiger partial charge in [-0.2, -0.15) is 0 Å². The monoisotopic (exact) mass is 407 g/mol. The van der Waals surface area contributed by atoms with Gasteiger partial charge in [-0.1, -0.05) is 23.2 Å². The molecule has 0 radical (unpaired) electrons. The van der Waals surface area contributed by atoms with Crippen molar-refractivity contribution in [3.8, 4) is 0 Å². The first-order valence-electron chi connectivity index (χ1n) is 7.81. The van der Waals surface area contributed by atoms with Crippen molar-refractivity contribution < 1.29 is 22.7 Å². The molecule has 0 N–H and O–H groups in total. The van der Waals surface area contributed by atoms with Gasteiger partial charge in [-0.15, -0.1) is 0 Å². The van der Waals surface area contributed by atoms with Crippen LogP contribution >= 0.6 is 23.2 Å². The fourth-order valence-electron chi connectivity index (χ4n) is 2.78. The molecule has 1 aromatic carbocycles. The molecule has 1 amide bonds. The third-order valence-corrected chi connectivity index (χ3v) is 6.35. The van der Waals surface area contributed by atoms with E-state index >= 15 is 0 Å². The highest BCUT2D eigenvalue weighted by molar-refractivity contribution is 7.91. The summed E-state index contributed by atoms with van der Waals surface area (Å²) >= 11 is 11.8. The number of rotatable bonds is 5. The van der Waals surface area contributed by atoms with Crippen molar-refractivity contribution in [2.24, 2.45) is 0 Å². The first-order chi connectivity index (χ1) is 11.6. The second kappa shape index (κ2) is 7.93. The molecule has 1 aliphatic heterocycles. The summed E-state index contributed by atoms with van der Waals surface area (Å²) in [6.45, 7) is 3.55. The Morgan fingerprint density at radius 3 is 2.56 bits per heavy atom. The third kappa shape index (κ3) is 4.86. The van der Waals surface area contributed by atoms with Gasteiger partial charge in [-0.3, -0.25) is 4.79 Å². The Kier molecular flexibility index (Phi) is 6.35. The summed E-state index contributed by atoms with van der Waals surface area (Å²) < 4.78 is 28.5. The summed E-state index contributed by atoms with van der Waals surface area (Å²) in [5.41, 5.74) is 0.109. The predicted molar refractivity (Wildman–Crippen MR) is 95.8 cm³/mol. The van der Waals surface area contributed by atoms with E-state index in [0.717, 1.165) is 0 Å². The van der Waals surface area contributed by atoms with Crippen LogP contribution in [-0.2, 0) is 19.4 Å². The standard InChI is InChI=1S/C16H19Cl2NO5S/c1-3-19(12-6-7-25(22,23)9-12)15(20)10(2)24-16(21)13-5-4-11(17)8-14(13)18/h4-5,8,10,12H,3,6-7,9H2,1-2H3/t10-,12+/m1/s1. The van der Waals surface area contributed by atoms with Gasteiger partial charge in [0, 0.05) is 17.6 Å². The third-order valence-electron chi connectivity index (χ3n) is 4.06. The van der Waals surface area contributed by atoms with Gasteiger partial charge in [0.05, 0.1) is 22.1 Å². The van der Waals surface area contributed by atoms with E-state index in [9.17, 15) is 18.0 Å². The quantitative estimate of drug-likeness (QED) is 0.700. The lowest BCUT2D eigenvalue weighted by Crippen LogP contribution is -2.46. The van der Waals surface area contributed by atoms with Crippen LogP contribution in [0.2, 0.25) is 10.0 Å². The van der Waals surface area contributed by atoms with Crippen molar-refractivity contribution in [3.05, 3.63) is 33.8 Å². The van der Waals surface area contributed by atoms with E-state index in [0.29, 0.717) is 18.0 Å². The average molecular weight is 408 g/mol. The minimum absolute atomic E-state index is 0.0593. The molecule has 0 bridgehead atoms. The molecule has 6 nitrogen and oxygen atoms in total. The van der Waals surface area contributed by atoms with Gasteiger partial charge in [0.15, 0.2) is 15.9 Å². The summed E-state index contributed by atoms with van der Waals surface area (Å²) in [5, 5.41) is 0.511. The van der Waals surface area contributed by atoms with Gasteiger partial charge in [0.2, 0.25) is 0 Å². The molecule has 1 heterocycles. The molecular formula is C16H19Cl2NO5S. The maximum absolute atomic E-state index is 12.6. The van der Waals surface area contributed by atoms with E-state index in [1.54, 1.807) is 6.92 Å². The molecule has 25 heavy (non-hydrogen) atoms. The number of benzene rings is 1.